The van der Waals surface area contributed by atoms with Crippen LogP contribution in [0.15, 0.2) is 59.5 Å². The minimum atomic E-state index is -3.25. The Kier molecular flexibility index (Phi) is 9.33. The summed E-state index contributed by atoms with van der Waals surface area (Å²) >= 11 is 0. The minimum Gasteiger partial charge on any atom is -0.341 e. The predicted octanol–water partition coefficient (Wildman–Crippen LogP) is 3.32. The summed E-state index contributed by atoms with van der Waals surface area (Å²) in [6.45, 7) is 6.13. The maximum atomic E-state index is 14.1. The van der Waals surface area contributed by atoms with E-state index in [2.05, 4.69) is 39.4 Å². The summed E-state index contributed by atoms with van der Waals surface area (Å²) in [5.41, 5.74) is 1.87. The summed E-state index contributed by atoms with van der Waals surface area (Å²) in [7, 11) is -3.25. The average Bonchev–Trinajstić information content (AvgIpc) is 3.74. The van der Waals surface area contributed by atoms with Crippen LogP contribution in [0.2, 0.25) is 0 Å². The maximum absolute atomic E-state index is 14.1. The second kappa shape index (κ2) is 12.6. The minimum absolute atomic E-state index is 0. The zero-order valence-electron chi connectivity index (χ0n) is 24.4. The Balaban J connectivity index is 0.00000353. The van der Waals surface area contributed by atoms with Crippen molar-refractivity contribution in [2.24, 2.45) is 11.3 Å². The third kappa shape index (κ3) is 6.11. The molecule has 0 bridgehead atoms. The van der Waals surface area contributed by atoms with Gasteiger partial charge in [-0.1, -0.05) is 42.5 Å². The van der Waals surface area contributed by atoms with E-state index in [0.717, 1.165) is 76.9 Å². The summed E-state index contributed by atoms with van der Waals surface area (Å²) in [6, 6.07) is 17.3. The third-order valence-electron chi connectivity index (χ3n) is 10.0. The molecule has 4 aliphatic heterocycles. The summed E-state index contributed by atoms with van der Waals surface area (Å²) < 4.78 is 23.6. The zero-order chi connectivity index (χ0) is 28.6. The van der Waals surface area contributed by atoms with Gasteiger partial charge in [-0.05, 0) is 68.5 Å². The molecule has 6 rings (SSSR count). The monoisotopic (exact) mass is 614 g/mol. The molecule has 1 spiro atoms. The van der Waals surface area contributed by atoms with E-state index in [1.807, 2.05) is 23.1 Å². The van der Waals surface area contributed by atoms with Crippen LogP contribution in [0.3, 0.4) is 0 Å². The first-order valence-corrected chi connectivity index (χ1v) is 17.0. The molecule has 10 heteroatoms. The average molecular weight is 615 g/mol. The van der Waals surface area contributed by atoms with Gasteiger partial charge in [-0.15, -0.1) is 12.4 Å². The van der Waals surface area contributed by atoms with Crippen LogP contribution in [0.25, 0.3) is 0 Å². The van der Waals surface area contributed by atoms with Gasteiger partial charge in [0.25, 0.3) is 0 Å². The Bertz CT molecular complexity index is 1360. The maximum Gasteiger partial charge on any atom is 0.240 e. The van der Waals surface area contributed by atoms with Crippen LogP contribution < -0.4 is 5.32 Å². The predicted molar refractivity (Wildman–Crippen MR) is 165 cm³/mol. The molecule has 0 radical (unpaired) electrons. The molecule has 42 heavy (non-hydrogen) atoms. The van der Waals surface area contributed by atoms with E-state index in [9.17, 15) is 18.0 Å². The number of nitrogens with one attached hydrogen (secondary N) is 1. The van der Waals surface area contributed by atoms with E-state index >= 15 is 0 Å². The number of carbonyl (C=O) groups is 2. The van der Waals surface area contributed by atoms with Crippen molar-refractivity contribution >= 4 is 34.1 Å². The van der Waals surface area contributed by atoms with Crippen molar-refractivity contribution in [3.05, 3.63) is 65.7 Å². The van der Waals surface area contributed by atoms with Crippen LogP contribution in [-0.4, -0.2) is 93.0 Å². The van der Waals surface area contributed by atoms with Crippen molar-refractivity contribution in [2.75, 3.05) is 52.1 Å². The molecule has 2 aromatic carbocycles. The Hall–Kier alpha value is -2.46. The van der Waals surface area contributed by atoms with Gasteiger partial charge in [0, 0.05) is 57.4 Å². The van der Waals surface area contributed by atoms with E-state index in [4.69, 9.17) is 0 Å². The molecule has 4 aliphatic rings. The van der Waals surface area contributed by atoms with Crippen molar-refractivity contribution in [1.29, 1.82) is 0 Å². The van der Waals surface area contributed by atoms with Gasteiger partial charge in [-0.2, -0.15) is 0 Å². The van der Waals surface area contributed by atoms with Crippen LogP contribution in [0.4, 0.5) is 0 Å². The van der Waals surface area contributed by atoms with Gasteiger partial charge in [-0.25, -0.2) is 8.42 Å². The van der Waals surface area contributed by atoms with Crippen LogP contribution in [-0.2, 0) is 26.0 Å². The molecular formula is C32H43ClN4O4S. The fourth-order valence-corrected chi connectivity index (χ4v) is 8.26. The number of piperidine rings is 1. The number of halogens is 1. The molecule has 4 fully saturated rings. The van der Waals surface area contributed by atoms with Gasteiger partial charge in [-0.3, -0.25) is 14.5 Å². The van der Waals surface area contributed by atoms with Crippen molar-refractivity contribution in [3.63, 3.8) is 0 Å². The first-order valence-electron chi connectivity index (χ1n) is 15.1. The summed E-state index contributed by atoms with van der Waals surface area (Å²) in [5.74, 6) is 0.966. The van der Waals surface area contributed by atoms with Crippen molar-refractivity contribution in [2.45, 2.75) is 55.5 Å². The molecule has 0 saturated carbocycles. The summed E-state index contributed by atoms with van der Waals surface area (Å²) in [6.07, 6.45) is 5.74. The normalized spacial score (nSPS) is 25.1. The molecule has 2 aromatic rings. The molecule has 4 heterocycles. The van der Waals surface area contributed by atoms with Gasteiger partial charge in [0.05, 0.1) is 16.4 Å². The van der Waals surface area contributed by atoms with Gasteiger partial charge in [0.1, 0.15) is 0 Å². The van der Waals surface area contributed by atoms with E-state index in [0.29, 0.717) is 23.9 Å². The molecule has 3 atom stereocenters. The van der Waals surface area contributed by atoms with Crippen LogP contribution in [0.1, 0.15) is 49.1 Å². The number of likely N-dealkylation sites (tertiary alicyclic amines) is 3. The highest BCUT2D eigenvalue weighted by Gasteiger charge is 2.51. The second-order valence-corrected chi connectivity index (χ2v) is 14.5. The Morgan fingerprint density at radius 2 is 1.57 bits per heavy atom. The Labute approximate surface area is 256 Å². The van der Waals surface area contributed by atoms with E-state index in [1.165, 1.54) is 11.8 Å². The van der Waals surface area contributed by atoms with Gasteiger partial charge < -0.3 is 15.1 Å². The molecule has 0 aliphatic carbocycles. The van der Waals surface area contributed by atoms with E-state index in [-0.39, 0.29) is 41.6 Å². The molecule has 1 N–H and O–H groups in total. The molecule has 0 aromatic heterocycles. The first kappa shape index (κ1) is 31.0. The van der Waals surface area contributed by atoms with Crippen molar-refractivity contribution in [3.8, 4) is 0 Å². The lowest BCUT2D eigenvalue weighted by atomic mass is 9.75. The number of sulfone groups is 1. The lowest BCUT2D eigenvalue weighted by Gasteiger charge is -2.44. The summed E-state index contributed by atoms with van der Waals surface area (Å²) in [4.78, 5) is 34.5. The van der Waals surface area contributed by atoms with Gasteiger partial charge in [0.15, 0.2) is 9.84 Å². The van der Waals surface area contributed by atoms with Crippen LogP contribution in [0, 0.1) is 11.3 Å². The zero-order valence-corrected chi connectivity index (χ0v) is 26.0. The number of amides is 2. The highest BCUT2D eigenvalue weighted by Crippen LogP contribution is 2.44. The number of carbonyl (C=O) groups excluding carboxylic acids is 2. The number of hydrogen-bond acceptors (Lipinski definition) is 6. The second-order valence-electron chi connectivity index (χ2n) is 12.5. The number of nitrogens with zero attached hydrogens (tertiary/aromatic N) is 3. The first-order chi connectivity index (χ1) is 19.7. The topological polar surface area (TPSA) is 90.0 Å². The lowest BCUT2D eigenvalue weighted by molar-refractivity contribution is -0.143. The molecule has 2 amide bonds. The molecule has 1 unspecified atom stereocenters. The molecular weight excluding hydrogens is 572 g/mol. The van der Waals surface area contributed by atoms with Gasteiger partial charge in [0.2, 0.25) is 11.8 Å². The fourth-order valence-electron chi connectivity index (χ4n) is 7.63. The number of rotatable bonds is 7. The SMILES string of the molecule is CS(=O)(=O)c1ccc(CN2CCC3(CCN(C(C(=O)N4CCCC4)[C@@H]4CNC[C@@H]4c4ccccc4)CC3)C2=O)cc1.Cl. The quantitative estimate of drug-likeness (QED) is 0.515. The Morgan fingerprint density at radius 3 is 2.21 bits per heavy atom. The molecule has 8 nitrogen and oxygen atoms in total. The van der Waals surface area contributed by atoms with E-state index < -0.39 is 9.84 Å². The van der Waals surface area contributed by atoms with Crippen LogP contribution >= 0.6 is 12.4 Å². The largest absolute Gasteiger partial charge is 0.341 e. The van der Waals surface area contributed by atoms with Crippen molar-refractivity contribution < 1.29 is 18.0 Å². The number of benzene rings is 2. The summed E-state index contributed by atoms with van der Waals surface area (Å²) in [5, 5.41) is 3.59. The van der Waals surface area contributed by atoms with Crippen LogP contribution in [0.5, 0.6) is 0 Å². The van der Waals surface area contributed by atoms with E-state index in [1.54, 1.807) is 12.1 Å². The number of hydrogen-bond donors (Lipinski definition) is 1. The third-order valence-corrected chi connectivity index (χ3v) is 11.2. The highest BCUT2D eigenvalue weighted by molar-refractivity contribution is 7.90. The molecule has 4 saturated heterocycles. The Morgan fingerprint density at radius 1 is 0.929 bits per heavy atom. The lowest BCUT2D eigenvalue weighted by Crippen LogP contribution is -2.57. The highest BCUT2D eigenvalue weighted by atomic mass is 35.5. The van der Waals surface area contributed by atoms with Crippen molar-refractivity contribution in [1.82, 2.24) is 20.0 Å². The standard InChI is InChI=1S/C32H42N4O4S.ClH/c1-41(39,40)26-11-9-24(10-12-26)23-36-20-15-32(31(36)38)13-18-34(19-14-32)29(30(37)35-16-5-6-17-35)28-22-33-21-27(28)25-7-3-2-4-8-25;/h2-4,7-12,27-29,33H,5-6,13-23H2,1H3;1H/t27-,28-,29?;/m1./s1. The smallest absolute Gasteiger partial charge is 0.240 e. The fraction of sp³-hybridized carbons (Fsp3) is 0.562. The molecule has 228 valence electrons. The van der Waals surface area contributed by atoms with Gasteiger partial charge >= 0.3 is 0 Å².